The van der Waals surface area contributed by atoms with E-state index in [4.69, 9.17) is 9.47 Å². The van der Waals surface area contributed by atoms with Crippen LogP contribution in [0.5, 0.6) is 11.5 Å². The number of aliphatic hydroxyl groups is 1. The van der Waals surface area contributed by atoms with Crippen molar-refractivity contribution in [2.24, 2.45) is 0 Å². The highest BCUT2D eigenvalue weighted by Gasteiger charge is 2.44. The molecule has 1 aromatic carbocycles. The predicted octanol–water partition coefficient (Wildman–Crippen LogP) is 1.91. The first-order valence-electron chi connectivity index (χ1n) is 6.43. The van der Waals surface area contributed by atoms with Gasteiger partial charge in [0.25, 0.3) is 5.92 Å². The van der Waals surface area contributed by atoms with Crippen molar-refractivity contribution in [3.05, 3.63) is 23.8 Å². The predicted molar refractivity (Wildman–Crippen MR) is 70.4 cm³/mol. The van der Waals surface area contributed by atoms with Crippen molar-refractivity contribution in [2.45, 2.75) is 24.9 Å². The second-order valence-electron chi connectivity index (χ2n) is 4.95. The van der Waals surface area contributed by atoms with Crippen LogP contribution in [0.1, 0.15) is 12.0 Å². The molecule has 1 unspecified atom stereocenters. The number of hydrogen-bond acceptors (Lipinski definition) is 4. The Morgan fingerprint density at radius 1 is 1.35 bits per heavy atom. The average molecular weight is 287 g/mol. The lowest BCUT2D eigenvalue weighted by Crippen LogP contribution is -2.32. The molecule has 0 saturated carbocycles. The molecule has 1 aliphatic rings. The van der Waals surface area contributed by atoms with Crippen LogP contribution in [0.2, 0.25) is 0 Å². The Bertz CT molecular complexity index is 468. The van der Waals surface area contributed by atoms with Crippen molar-refractivity contribution < 1.29 is 23.4 Å². The maximum Gasteiger partial charge on any atom is 0.262 e. The molecule has 1 aromatic rings. The van der Waals surface area contributed by atoms with Crippen molar-refractivity contribution in [3.63, 3.8) is 0 Å². The molecule has 1 saturated heterocycles. The van der Waals surface area contributed by atoms with Crippen LogP contribution in [-0.2, 0) is 6.54 Å². The van der Waals surface area contributed by atoms with Crippen LogP contribution in [0.15, 0.2) is 18.2 Å². The van der Waals surface area contributed by atoms with E-state index in [0.29, 0.717) is 18.0 Å². The maximum absolute atomic E-state index is 13.5. The Labute approximate surface area is 116 Å². The van der Waals surface area contributed by atoms with E-state index in [9.17, 15) is 13.9 Å². The van der Waals surface area contributed by atoms with Crippen molar-refractivity contribution in [2.75, 3.05) is 27.4 Å². The summed E-state index contributed by atoms with van der Waals surface area (Å²) < 4.78 is 37.4. The molecule has 0 spiro atoms. The van der Waals surface area contributed by atoms with Gasteiger partial charge in [-0.05, 0) is 6.07 Å². The van der Waals surface area contributed by atoms with Gasteiger partial charge in [0.05, 0.1) is 27.4 Å². The molecule has 4 nitrogen and oxygen atoms in total. The Hall–Kier alpha value is -1.40. The minimum Gasteiger partial charge on any atom is -0.493 e. The van der Waals surface area contributed by atoms with Gasteiger partial charge in [-0.1, -0.05) is 12.1 Å². The van der Waals surface area contributed by atoms with Crippen LogP contribution >= 0.6 is 0 Å². The molecule has 0 aliphatic carbocycles. The first-order chi connectivity index (χ1) is 9.50. The average Bonchev–Trinajstić information content (AvgIpc) is 2.72. The van der Waals surface area contributed by atoms with Gasteiger partial charge in [-0.25, -0.2) is 8.78 Å². The molecule has 1 aliphatic heterocycles. The second kappa shape index (κ2) is 5.93. The van der Waals surface area contributed by atoms with Crippen LogP contribution < -0.4 is 9.47 Å². The zero-order valence-corrected chi connectivity index (χ0v) is 11.6. The Morgan fingerprint density at radius 2 is 2.10 bits per heavy atom. The number of methoxy groups -OCH3 is 2. The highest BCUT2D eigenvalue weighted by atomic mass is 19.3. The largest absolute Gasteiger partial charge is 0.493 e. The third-order valence-electron chi connectivity index (χ3n) is 3.55. The zero-order chi connectivity index (χ0) is 14.8. The number of rotatable bonds is 5. The van der Waals surface area contributed by atoms with Gasteiger partial charge in [-0.2, -0.15) is 0 Å². The zero-order valence-electron chi connectivity index (χ0n) is 11.6. The number of hydrogen-bond donors (Lipinski definition) is 1. The fourth-order valence-corrected chi connectivity index (χ4v) is 2.63. The van der Waals surface area contributed by atoms with E-state index in [1.54, 1.807) is 17.0 Å². The van der Waals surface area contributed by atoms with E-state index in [1.165, 1.54) is 14.2 Å². The molecular formula is C14H19F2NO3. The van der Waals surface area contributed by atoms with Crippen molar-refractivity contribution in [1.82, 2.24) is 4.90 Å². The van der Waals surface area contributed by atoms with Gasteiger partial charge in [0, 0.05) is 24.6 Å². The number of alkyl halides is 2. The first kappa shape index (κ1) is 15.0. The van der Waals surface area contributed by atoms with Crippen LogP contribution in [0.4, 0.5) is 8.78 Å². The smallest absolute Gasteiger partial charge is 0.262 e. The van der Waals surface area contributed by atoms with E-state index < -0.39 is 12.0 Å². The van der Waals surface area contributed by atoms with Crippen LogP contribution in [0.3, 0.4) is 0 Å². The number of nitrogens with zero attached hydrogens (tertiary/aromatic N) is 1. The summed E-state index contributed by atoms with van der Waals surface area (Å²) in [6, 6.07) is 4.83. The quantitative estimate of drug-likeness (QED) is 0.898. The SMILES string of the molecule is COc1cccc(CN2CC(F)(F)CC2CO)c1OC. The molecule has 1 heterocycles. The third kappa shape index (κ3) is 3.02. The first-order valence-corrected chi connectivity index (χ1v) is 6.43. The molecule has 0 aromatic heterocycles. The number of halogens is 2. The molecule has 2 rings (SSSR count). The van der Waals surface area contributed by atoms with Crippen LogP contribution in [0.25, 0.3) is 0 Å². The molecule has 0 bridgehead atoms. The fraction of sp³-hybridized carbons (Fsp3) is 0.571. The van der Waals surface area contributed by atoms with Crippen LogP contribution in [0, 0.1) is 0 Å². The second-order valence-corrected chi connectivity index (χ2v) is 4.95. The van der Waals surface area contributed by atoms with E-state index >= 15 is 0 Å². The van der Waals surface area contributed by atoms with Crippen LogP contribution in [-0.4, -0.2) is 49.3 Å². The molecule has 0 amide bonds. The topological polar surface area (TPSA) is 41.9 Å². The highest BCUT2D eigenvalue weighted by Crippen LogP contribution is 2.36. The minimum absolute atomic E-state index is 0.276. The molecule has 1 atom stereocenters. The van der Waals surface area contributed by atoms with Crippen molar-refractivity contribution in [3.8, 4) is 11.5 Å². The Kier molecular flexibility index (Phi) is 4.45. The van der Waals surface area contributed by atoms with Gasteiger partial charge >= 0.3 is 0 Å². The van der Waals surface area contributed by atoms with E-state index in [-0.39, 0.29) is 19.6 Å². The Morgan fingerprint density at radius 3 is 2.70 bits per heavy atom. The third-order valence-corrected chi connectivity index (χ3v) is 3.55. The normalized spacial score (nSPS) is 21.9. The summed E-state index contributed by atoms with van der Waals surface area (Å²) in [6.07, 6.45) is -0.310. The summed E-state index contributed by atoms with van der Waals surface area (Å²) in [4.78, 5) is 1.58. The van der Waals surface area contributed by atoms with Gasteiger partial charge in [0.2, 0.25) is 0 Å². The fourth-order valence-electron chi connectivity index (χ4n) is 2.63. The van der Waals surface area contributed by atoms with E-state index in [2.05, 4.69) is 0 Å². The number of ether oxygens (including phenoxy) is 2. The summed E-state index contributed by atoms with van der Waals surface area (Å²) in [5.41, 5.74) is 0.767. The minimum atomic E-state index is -2.75. The lowest BCUT2D eigenvalue weighted by molar-refractivity contribution is 0.0111. The number of likely N-dealkylation sites (tertiary alicyclic amines) is 1. The summed E-state index contributed by atoms with van der Waals surface area (Å²) >= 11 is 0. The van der Waals surface area contributed by atoms with E-state index in [1.807, 2.05) is 6.07 Å². The molecule has 20 heavy (non-hydrogen) atoms. The molecule has 112 valence electrons. The lowest BCUT2D eigenvalue weighted by atomic mass is 10.1. The van der Waals surface area contributed by atoms with E-state index in [0.717, 1.165) is 5.56 Å². The summed E-state index contributed by atoms with van der Waals surface area (Å²) in [5, 5.41) is 9.24. The monoisotopic (exact) mass is 287 g/mol. The Balaban J connectivity index is 2.21. The summed E-state index contributed by atoms with van der Waals surface area (Å²) in [5.74, 6) is -1.64. The van der Waals surface area contributed by atoms with Gasteiger partial charge < -0.3 is 14.6 Å². The lowest BCUT2D eigenvalue weighted by Gasteiger charge is -2.23. The molecule has 1 N–H and O–H groups in total. The van der Waals surface area contributed by atoms with Crippen molar-refractivity contribution in [1.29, 1.82) is 0 Å². The molecular weight excluding hydrogens is 268 g/mol. The highest BCUT2D eigenvalue weighted by molar-refractivity contribution is 5.46. The van der Waals surface area contributed by atoms with Gasteiger partial charge in [-0.15, -0.1) is 0 Å². The van der Waals surface area contributed by atoms with Gasteiger partial charge in [0.15, 0.2) is 11.5 Å². The van der Waals surface area contributed by atoms with Gasteiger partial charge in [0.1, 0.15) is 0 Å². The molecule has 6 heteroatoms. The summed E-state index contributed by atoms with van der Waals surface area (Å²) in [7, 11) is 3.05. The number of benzene rings is 1. The van der Waals surface area contributed by atoms with Gasteiger partial charge in [-0.3, -0.25) is 4.90 Å². The van der Waals surface area contributed by atoms with Crippen molar-refractivity contribution >= 4 is 0 Å². The molecule has 0 radical (unpaired) electrons. The summed E-state index contributed by atoms with van der Waals surface area (Å²) in [6.45, 7) is -0.332. The number of para-hydroxylation sites is 1. The molecule has 1 fully saturated rings. The maximum atomic E-state index is 13.5. The standard InChI is InChI=1S/C14H19F2NO3/c1-19-12-5-3-4-10(13(12)20-2)7-17-9-14(15,16)6-11(17)8-18/h3-5,11,18H,6-9H2,1-2H3. The number of aliphatic hydroxyl groups excluding tert-OH is 1.